The molecule has 2 heterocycles. The Kier molecular flexibility index (Phi) is 8.23. The Bertz CT molecular complexity index is 735. The Hall–Kier alpha value is -1.94. The molecule has 0 saturated carbocycles. The third-order valence-corrected chi connectivity index (χ3v) is 4.32. The SMILES string of the molecule is CN=C(NCCc1ccc2c(c1)OCO2)NCC(c1ccco1)N(C)C.I. The first kappa shape index (κ1) is 21.4. The van der Waals surface area contributed by atoms with E-state index < -0.39 is 0 Å². The number of hydrogen-bond acceptors (Lipinski definition) is 5. The molecule has 1 aliphatic heterocycles. The number of nitrogens with zero attached hydrogens (tertiary/aromatic N) is 2. The number of hydrogen-bond donors (Lipinski definition) is 2. The maximum Gasteiger partial charge on any atom is 0.231 e. The number of guanidine groups is 1. The van der Waals surface area contributed by atoms with Crippen molar-refractivity contribution in [1.82, 2.24) is 15.5 Å². The smallest absolute Gasteiger partial charge is 0.231 e. The molecule has 0 fully saturated rings. The van der Waals surface area contributed by atoms with Gasteiger partial charge in [-0.2, -0.15) is 0 Å². The molecule has 0 aliphatic carbocycles. The van der Waals surface area contributed by atoms with Gasteiger partial charge in [0.1, 0.15) is 5.76 Å². The number of benzene rings is 1. The molecule has 1 atom stereocenters. The van der Waals surface area contributed by atoms with Gasteiger partial charge in [-0.05, 0) is 50.3 Å². The van der Waals surface area contributed by atoms with Crippen molar-refractivity contribution in [3.8, 4) is 11.5 Å². The maximum absolute atomic E-state index is 5.53. The van der Waals surface area contributed by atoms with Crippen LogP contribution in [0.4, 0.5) is 0 Å². The lowest BCUT2D eigenvalue weighted by molar-refractivity contribution is 0.174. The number of halogens is 1. The van der Waals surface area contributed by atoms with E-state index in [1.54, 1.807) is 13.3 Å². The monoisotopic (exact) mass is 486 g/mol. The first-order valence-electron chi connectivity index (χ1n) is 8.70. The molecule has 3 rings (SSSR count). The normalized spacial score (nSPS) is 14.0. The first-order chi connectivity index (χ1) is 12.7. The van der Waals surface area contributed by atoms with E-state index in [0.29, 0.717) is 13.3 Å². The van der Waals surface area contributed by atoms with Crippen molar-refractivity contribution in [2.24, 2.45) is 4.99 Å². The fourth-order valence-corrected chi connectivity index (χ4v) is 2.85. The molecule has 2 N–H and O–H groups in total. The second kappa shape index (κ2) is 10.4. The summed E-state index contributed by atoms with van der Waals surface area (Å²) in [6, 6.07) is 10.1. The molecule has 0 spiro atoms. The Balaban J connectivity index is 0.00000261. The third-order valence-electron chi connectivity index (χ3n) is 4.32. The number of nitrogens with one attached hydrogen (secondary N) is 2. The van der Waals surface area contributed by atoms with Crippen molar-refractivity contribution >= 4 is 29.9 Å². The van der Waals surface area contributed by atoms with E-state index in [9.17, 15) is 0 Å². The molecule has 1 aromatic heterocycles. The van der Waals surface area contributed by atoms with Crippen LogP contribution in [0.15, 0.2) is 46.0 Å². The Morgan fingerprint density at radius 3 is 2.70 bits per heavy atom. The quantitative estimate of drug-likeness (QED) is 0.357. The predicted octanol–water partition coefficient (Wildman–Crippen LogP) is 2.64. The number of ether oxygens (including phenoxy) is 2. The summed E-state index contributed by atoms with van der Waals surface area (Å²) in [5.41, 5.74) is 1.19. The fraction of sp³-hybridized carbons (Fsp3) is 0.421. The Labute approximate surface area is 177 Å². The van der Waals surface area contributed by atoms with E-state index in [0.717, 1.165) is 36.2 Å². The molecular formula is C19H27IN4O3. The van der Waals surface area contributed by atoms with Gasteiger partial charge >= 0.3 is 0 Å². The highest BCUT2D eigenvalue weighted by Gasteiger charge is 2.17. The first-order valence-corrected chi connectivity index (χ1v) is 8.70. The molecule has 1 aromatic carbocycles. The van der Waals surface area contributed by atoms with E-state index in [2.05, 4.69) is 26.6 Å². The van der Waals surface area contributed by atoms with Crippen molar-refractivity contribution in [1.29, 1.82) is 0 Å². The van der Waals surface area contributed by atoms with Crippen LogP contribution in [0.25, 0.3) is 0 Å². The number of fused-ring (bicyclic) bond motifs is 1. The predicted molar refractivity (Wildman–Crippen MR) is 116 cm³/mol. The average Bonchev–Trinajstić information content (AvgIpc) is 3.31. The highest BCUT2D eigenvalue weighted by atomic mass is 127. The average molecular weight is 486 g/mol. The standard InChI is InChI=1S/C19H26N4O3.HI/c1-20-19(22-12-15(23(2)3)16-5-4-10-24-16)21-9-8-14-6-7-17-18(11-14)26-13-25-17;/h4-7,10-11,15H,8-9,12-13H2,1-3H3,(H2,20,21,22);1H. The van der Waals surface area contributed by atoms with Gasteiger partial charge in [-0.1, -0.05) is 6.07 Å². The summed E-state index contributed by atoms with van der Waals surface area (Å²) in [6.07, 6.45) is 2.57. The van der Waals surface area contributed by atoms with Gasteiger partial charge in [0, 0.05) is 20.1 Å². The molecule has 2 aromatic rings. The van der Waals surface area contributed by atoms with Crippen LogP contribution in [0.2, 0.25) is 0 Å². The van der Waals surface area contributed by atoms with E-state index in [1.807, 2.05) is 38.4 Å². The Morgan fingerprint density at radius 1 is 1.19 bits per heavy atom. The zero-order valence-electron chi connectivity index (χ0n) is 15.9. The summed E-state index contributed by atoms with van der Waals surface area (Å²) in [4.78, 5) is 6.41. The van der Waals surface area contributed by atoms with Crippen molar-refractivity contribution < 1.29 is 13.9 Å². The minimum Gasteiger partial charge on any atom is -0.468 e. The van der Waals surface area contributed by atoms with Gasteiger partial charge in [0.05, 0.1) is 12.3 Å². The van der Waals surface area contributed by atoms with Crippen LogP contribution in [-0.4, -0.2) is 51.9 Å². The van der Waals surface area contributed by atoms with Gasteiger partial charge in [0.15, 0.2) is 17.5 Å². The van der Waals surface area contributed by atoms with Gasteiger partial charge in [0.25, 0.3) is 0 Å². The molecular weight excluding hydrogens is 459 g/mol. The van der Waals surface area contributed by atoms with Crippen LogP contribution in [0.1, 0.15) is 17.4 Å². The van der Waals surface area contributed by atoms with Crippen LogP contribution in [0.5, 0.6) is 11.5 Å². The zero-order valence-corrected chi connectivity index (χ0v) is 18.2. The number of rotatable bonds is 7. The summed E-state index contributed by atoms with van der Waals surface area (Å²) in [7, 11) is 5.84. The second-order valence-electron chi connectivity index (χ2n) is 6.31. The highest BCUT2D eigenvalue weighted by Crippen LogP contribution is 2.32. The molecule has 148 valence electrons. The number of furan rings is 1. The van der Waals surface area contributed by atoms with Crippen LogP contribution in [0, 0.1) is 0 Å². The molecule has 1 unspecified atom stereocenters. The summed E-state index contributed by atoms with van der Waals surface area (Å²) >= 11 is 0. The minimum absolute atomic E-state index is 0. The summed E-state index contributed by atoms with van der Waals surface area (Å²) < 4.78 is 16.3. The largest absolute Gasteiger partial charge is 0.468 e. The topological polar surface area (TPSA) is 71.3 Å². The molecule has 0 bridgehead atoms. The van der Waals surface area contributed by atoms with Crippen LogP contribution in [-0.2, 0) is 6.42 Å². The third kappa shape index (κ3) is 5.77. The second-order valence-corrected chi connectivity index (χ2v) is 6.31. The van der Waals surface area contributed by atoms with E-state index in [1.165, 1.54) is 5.56 Å². The lowest BCUT2D eigenvalue weighted by Gasteiger charge is -2.23. The molecule has 0 saturated heterocycles. The highest BCUT2D eigenvalue weighted by molar-refractivity contribution is 14.0. The lowest BCUT2D eigenvalue weighted by atomic mass is 10.1. The van der Waals surface area contributed by atoms with Crippen molar-refractivity contribution in [2.75, 3.05) is 41.0 Å². The molecule has 1 aliphatic rings. The van der Waals surface area contributed by atoms with Gasteiger partial charge in [-0.25, -0.2) is 0 Å². The van der Waals surface area contributed by atoms with Crippen LogP contribution < -0.4 is 20.1 Å². The van der Waals surface area contributed by atoms with Gasteiger partial charge < -0.3 is 24.5 Å². The lowest BCUT2D eigenvalue weighted by Crippen LogP contribution is -2.42. The molecule has 8 heteroatoms. The Morgan fingerprint density at radius 2 is 2.00 bits per heavy atom. The van der Waals surface area contributed by atoms with E-state index >= 15 is 0 Å². The molecule has 7 nitrogen and oxygen atoms in total. The molecule has 0 radical (unpaired) electrons. The summed E-state index contributed by atoms with van der Waals surface area (Å²) in [5, 5.41) is 6.70. The zero-order chi connectivity index (χ0) is 18.4. The minimum atomic E-state index is 0. The maximum atomic E-state index is 5.53. The summed E-state index contributed by atoms with van der Waals surface area (Å²) in [5.74, 6) is 3.33. The summed E-state index contributed by atoms with van der Waals surface area (Å²) in [6.45, 7) is 1.77. The van der Waals surface area contributed by atoms with E-state index in [-0.39, 0.29) is 30.0 Å². The van der Waals surface area contributed by atoms with Crippen molar-refractivity contribution in [3.05, 3.63) is 47.9 Å². The molecule has 0 amide bonds. The van der Waals surface area contributed by atoms with Gasteiger partial charge in [0.2, 0.25) is 6.79 Å². The van der Waals surface area contributed by atoms with Crippen molar-refractivity contribution in [2.45, 2.75) is 12.5 Å². The van der Waals surface area contributed by atoms with E-state index in [4.69, 9.17) is 13.9 Å². The van der Waals surface area contributed by atoms with Gasteiger partial charge in [-0.3, -0.25) is 9.89 Å². The fourth-order valence-electron chi connectivity index (χ4n) is 2.85. The molecule has 27 heavy (non-hydrogen) atoms. The van der Waals surface area contributed by atoms with Crippen molar-refractivity contribution in [3.63, 3.8) is 0 Å². The number of likely N-dealkylation sites (N-methyl/N-ethyl adjacent to an activating group) is 1. The number of aliphatic imine (C=N–C) groups is 1. The van der Waals surface area contributed by atoms with Gasteiger partial charge in [-0.15, -0.1) is 24.0 Å². The van der Waals surface area contributed by atoms with Crippen LogP contribution in [0.3, 0.4) is 0 Å². The van der Waals surface area contributed by atoms with Crippen LogP contribution >= 0.6 is 24.0 Å².